The number of methoxy groups -OCH3 is 2. The Morgan fingerprint density at radius 1 is 1.27 bits per heavy atom. The molecule has 0 radical (unpaired) electrons. The number of thiazole rings is 1. The fourth-order valence-corrected chi connectivity index (χ4v) is 4.38. The molecule has 1 aliphatic heterocycles. The van der Waals surface area contributed by atoms with Crippen LogP contribution in [-0.4, -0.2) is 35.0 Å². The van der Waals surface area contributed by atoms with Crippen molar-refractivity contribution in [3.8, 4) is 11.5 Å². The number of hydrogen-bond acceptors (Lipinski definition) is 6. The zero-order valence-electron chi connectivity index (χ0n) is 14.8. The summed E-state index contributed by atoms with van der Waals surface area (Å²) < 4.78 is 12.6. The third-order valence-electron chi connectivity index (χ3n) is 4.88. The highest BCUT2D eigenvalue weighted by molar-refractivity contribution is 7.15. The summed E-state index contributed by atoms with van der Waals surface area (Å²) in [6.45, 7) is 1.62. The highest BCUT2D eigenvalue weighted by atomic mass is 32.1. The average molecular weight is 371 g/mol. The molecule has 26 heavy (non-hydrogen) atoms. The van der Waals surface area contributed by atoms with E-state index in [2.05, 4.69) is 9.88 Å². The summed E-state index contributed by atoms with van der Waals surface area (Å²) >= 11 is 1.48. The van der Waals surface area contributed by atoms with Crippen molar-refractivity contribution in [1.82, 2.24) is 14.3 Å². The summed E-state index contributed by atoms with van der Waals surface area (Å²) in [6, 6.07) is 7.77. The molecule has 0 unspecified atom stereocenters. The molecule has 4 rings (SSSR count). The van der Waals surface area contributed by atoms with Gasteiger partial charge in [-0.25, -0.2) is 4.98 Å². The number of benzene rings is 1. The van der Waals surface area contributed by atoms with Gasteiger partial charge in [-0.3, -0.25) is 14.1 Å². The molecule has 0 aliphatic carbocycles. The van der Waals surface area contributed by atoms with E-state index in [0.29, 0.717) is 6.54 Å². The van der Waals surface area contributed by atoms with Crippen LogP contribution in [0.1, 0.15) is 30.1 Å². The number of fused-ring (bicyclic) bond motifs is 1. The number of nitrogens with zero attached hydrogens (tertiary/aromatic N) is 3. The van der Waals surface area contributed by atoms with Crippen LogP contribution in [0.2, 0.25) is 0 Å². The van der Waals surface area contributed by atoms with Crippen molar-refractivity contribution in [3.05, 3.63) is 57.5 Å². The minimum Gasteiger partial charge on any atom is -0.497 e. The van der Waals surface area contributed by atoms with Crippen molar-refractivity contribution in [2.24, 2.45) is 0 Å². The second-order valence-electron chi connectivity index (χ2n) is 6.38. The summed E-state index contributed by atoms with van der Waals surface area (Å²) in [6.07, 6.45) is 3.91. The predicted molar refractivity (Wildman–Crippen MR) is 101 cm³/mol. The molecule has 1 aromatic carbocycles. The first-order chi connectivity index (χ1) is 12.7. The van der Waals surface area contributed by atoms with E-state index in [1.54, 1.807) is 30.9 Å². The molecular weight excluding hydrogens is 350 g/mol. The number of ether oxygens (including phenoxy) is 2. The monoisotopic (exact) mass is 371 g/mol. The van der Waals surface area contributed by atoms with Gasteiger partial charge in [-0.05, 0) is 37.6 Å². The van der Waals surface area contributed by atoms with Gasteiger partial charge < -0.3 is 9.47 Å². The van der Waals surface area contributed by atoms with Crippen LogP contribution >= 0.6 is 11.3 Å². The van der Waals surface area contributed by atoms with Crippen molar-refractivity contribution < 1.29 is 9.47 Å². The highest BCUT2D eigenvalue weighted by Crippen LogP contribution is 2.39. The number of likely N-dealkylation sites (tertiary alicyclic amines) is 1. The Kier molecular flexibility index (Phi) is 4.65. The van der Waals surface area contributed by atoms with Crippen molar-refractivity contribution in [1.29, 1.82) is 0 Å². The lowest BCUT2D eigenvalue weighted by atomic mass is 10.0. The van der Waals surface area contributed by atoms with Crippen molar-refractivity contribution in [3.63, 3.8) is 0 Å². The van der Waals surface area contributed by atoms with E-state index in [9.17, 15) is 4.79 Å². The molecule has 0 saturated carbocycles. The topological polar surface area (TPSA) is 56.1 Å². The molecule has 2 aromatic heterocycles. The van der Waals surface area contributed by atoms with Gasteiger partial charge in [0.05, 0.1) is 19.9 Å². The average Bonchev–Trinajstić information content (AvgIpc) is 3.30. The fraction of sp³-hybridized carbons (Fsp3) is 0.368. The third kappa shape index (κ3) is 3.08. The van der Waals surface area contributed by atoms with Gasteiger partial charge in [-0.2, -0.15) is 0 Å². The van der Waals surface area contributed by atoms with E-state index >= 15 is 0 Å². The Balaban J connectivity index is 1.65. The lowest BCUT2D eigenvalue weighted by molar-refractivity contribution is 0.239. The second kappa shape index (κ2) is 7.09. The molecule has 1 atom stereocenters. The minimum absolute atomic E-state index is 0.0269. The Labute approximate surface area is 155 Å². The quantitative estimate of drug-likeness (QED) is 0.690. The molecule has 1 saturated heterocycles. The lowest BCUT2D eigenvalue weighted by Gasteiger charge is -2.26. The Morgan fingerprint density at radius 3 is 2.96 bits per heavy atom. The molecule has 3 heterocycles. The van der Waals surface area contributed by atoms with Crippen molar-refractivity contribution in [2.45, 2.75) is 25.4 Å². The maximum Gasteiger partial charge on any atom is 0.258 e. The van der Waals surface area contributed by atoms with E-state index in [1.165, 1.54) is 11.3 Å². The van der Waals surface area contributed by atoms with E-state index in [1.807, 2.05) is 23.6 Å². The molecule has 1 aliphatic rings. The van der Waals surface area contributed by atoms with Gasteiger partial charge in [0.1, 0.15) is 11.5 Å². The first-order valence-electron chi connectivity index (χ1n) is 8.61. The zero-order valence-corrected chi connectivity index (χ0v) is 15.7. The molecule has 6 nitrogen and oxygen atoms in total. The second-order valence-corrected chi connectivity index (χ2v) is 7.25. The Bertz CT molecular complexity index is 982. The van der Waals surface area contributed by atoms with E-state index in [4.69, 9.17) is 9.47 Å². The largest absolute Gasteiger partial charge is 0.497 e. The SMILES string of the molecule is COc1ccc(OC)c([C@@H]2CCCN2Cc2cc(=O)n3ccsc3n2)c1. The molecule has 0 spiro atoms. The third-order valence-corrected chi connectivity index (χ3v) is 5.64. The molecule has 1 fully saturated rings. The summed E-state index contributed by atoms with van der Waals surface area (Å²) in [7, 11) is 3.36. The Morgan fingerprint density at radius 2 is 2.15 bits per heavy atom. The zero-order chi connectivity index (χ0) is 18.1. The van der Waals surface area contributed by atoms with Gasteiger partial charge in [-0.1, -0.05) is 0 Å². The Hall–Kier alpha value is -2.38. The predicted octanol–water partition coefficient (Wildman–Crippen LogP) is 3.11. The van der Waals surface area contributed by atoms with Gasteiger partial charge >= 0.3 is 0 Å². The first-order valence-corrected chi connectivity index (χ1v) is 9.49. The number of hydrogen-bond donors (Lipinski definition) is 0. The first kappa shape index (κ1) is 17.1. The number of aromatic nitrogens is 2. The molecule has 136 valence electrons. The smallest absolute Gasteiger partial charge is 0.258 e. The summed E-state index contributed by atoms with van der Waals surface area (Å²) in [4.78, 5) is 20.0. The van der Waals surface area contributed by atoms with E-state index in [0.717, 1.165) is 47.1 Å². The summed E-state index contributed by atoms with van der Waals surface area (Å²) in [5.74, 6) is 1.69. The van der Waals surface area contributed by atoms with Gasteiger partial charge in [0.25, 0.3) is 5.56 Å². The van der Waals surface area contributed by atoms with E-state index < -0.39 is 0 Å². The van der Waals surface area contributed by atoms with Crippen LogP contribution in [-0.2, 0) is 6.54 Å². The standard InChI is InChI=1S/C19H21N3O3S/c1-24-14-5-6-17(25-2)15(11-14)16-4-3-7-21(16)12-13-10-18(23)22-8-9-26-19(22)20-13/h5-6,8-11,16H,3-4,7,12H2,1-2H3/t16-/m0/s1. The van der Waals surface area contributed by atoms with Gasteiger partial charge in [0.15, 0.2) is 4.96 Å². The van der Waals surface area contributed by atoms with Crippen LogP contribution in [0.25, 0.3) is 4.96 Å². The van der Waals surface area contributed by atoms with Crippen LogP contribution in [0.5, 0.6) is 11.5 Å². The van der Waals surface area contributed by atoms with Crippen molar-refractivity contribution in [2.75, 3.05) is 20.8 Å². The molecular formula is C19H21N3O3S. The van der Waals surface area contributed by atoms with Crippen molar-refractivity contribution >= 4 is 16.3 Å². The molecule has 0 N–H and O–H groups in total. The van der Waals surface area contributed by atoms with Crippen LogP contribution in [0.15, 0.2) is 40.6 Å². The molecule has 3 aromatic rings. The lowest BCUT2D eigenvalue weighted by Crippen LogP contribution is -2.25. The normalized spacial score (nSPS) is 17.7. The molecule has 7 heteroatoms. The maximum atomic E-state index is 12.2. The van der Waals surface area contributed by atoms with Crippen LogP contribution < -0.4 is 15.0 Å². The highest BCUT2D eigenvalue weighted by Gasteiger charge is 2.29. The van der Waals surface area contributed by atoms with Gasteiger partial charge in [0.2, 0.25) is 0 Å². The van der Waals surface area contributed by atoms with Crippen LogP contribution in [0.3, 0.4) is 0 Å². The molecule has 0 amide bonds. The number of rotatable bonds is 5. The fourth-order valence-electron chi connectivity index (χ4n) is 3.64. The van der Waals surface area contributed by atoms with Gasteiger partial charge in [0, 0.05) is 35.8 Å². The van der Waals surface area contributed by atoms with E-state index in [-0.39, 0.29) is 11.6 Å². The van der Waals surface area contributed by atoms with Crippen LogP contribution in [0.4, 0.5) is 0 Å². The van der Waals surface area contributed by atoms with Crippen LogP contribution in [0, 0.1) is 0 Å². The minimum atomic E-state index is -0.0269. The summed E-state index contributed by atoms with van der Waals surface area (Å²) in [5, 5.41) is 1.88. The summed E-state index contributed by atoms with van der Waals surface area (Å²) in [5.41, 5.74) is 1.91. The van der Waals surface area contributed by atoms with Gasteiger partial charge in [-0.15, -0.1) is 11.3 Å². The molecule has 0 bridgehead atoms. The maximum absolute atomic E-state index is 12.2.